The molecule has 0 radical (unpaired) electrons. The van der Waals surface area contributed by atoms with Gasteiger partial charge in [-0.1, -0.05) is 42.5 Å². The fraction of sp³-hybridized carbons (Fsp3) is 0.222. The van der Waals surface area contributed by atoms with Gasteiger partial charge in [-0.05, 0) is 29.7 Å². The molecule has 3 rings (SSSR count). The van der Waals surface area contributed by atoms with Gasteiger partial charge in [-0.3, -0.25) is 14.9 Å². The summed E-state index contributed by atoms with van der Waals surface area (Å²) < 4.78 is 0. The number of rotatable bonds is 4. The molecule has 0 spiro atoms. The summed E-state index contributed by atoms with van der Waals surface area (Å²) in [6.45, 7) is 0.545. The van der Waals surface area contributed by atoms with Gasteiger partial charge in [0.25, 0.3) is 0 Å². The van der Waals surface area contributed by atoms with E-state index in [1.165, 1.54) is 5.56 Å². The van der Waals surface area contributed by atoms with Gasteiger partial charge in [0.2, 0.25) is 11.8 Å². The van der Waals surface area contributed by atoms with E-state index in [1.54, 1.807) is 0 Å². The summed E-state index contributed by atoms with van der Waals surface area (Å²) in [5, 5.41) is 5.64. The largest absolute Gasteiger partial charge is 0.384 e. The first-order chi connectivity index (χ1) is 10.7. The number of anilines is 1. The fourth-order valence-electron chi connectivity index (χ4n) is 2.59. The molecule has 22 heavy (non-hydrogen) atoms. The maximum atomic E-state index is 11.7. The number of nitrogens with one attached hydrogen (secondary N) is 2. The van der Waals surface area contributed by atoms with E-state index < -0.39 is 0 Å². The van der Waals surface area contributed by atoms with Crippen molar-refractivity contribution in [2.75, 3.05) is 11.9 Å². The Balaban J connectivity index is 1.60. The molecular formula is C18H18N2O2. The highest BCUT2D eigenvalue weighted by Crippen LogP contribution is 2.21. The zero-order valence-electron chi connectivity index (χ0n) is 12.2. The molecule has 2 aromatic rings. The van der Waals surface area contributed by atoms with Gasteiger partial charge < -0.3 is 5.32 Å². The Hall–Kier alpha value is -2.62. The molecule has 1 atom stereocenters. The maximum Gasteiger partial charge on any atom is 0.231 e. The molecular weight excluding hydrogens is 276 g/mol. The molecule has 2 N–H and O–H groups in total. The Labute approximate surface area is 129 Å². The van der Waals surface area contributed by atoms with Crippen molar-refractivity contribution in [2.45, 2.75) is 12.8 Å². The summed E-state index contributed by atoms with van der Waals surface area (Å²) in [6.07, 6.45) is 1.03. The smallest absolute Gasteiger partial charge is 0.231 e. The summed E-state index contributed by atoms with van der Waals surface area (Å²) in [5.41, 5.74) is 3.32. The number of imide groups is 1. The molecule has 0 aliphatic carbocycles. The molecule has 2 aromatic carbocycles. The van der Waals surface area contributed by atoms with Crippen molar-refractivity contribution in [3.63, 3.8) is 0 Å². The first-order valence-corrected chi connectivity index (χ1v) is 7.45. The van der Waals surface area contributed by atoms with Crippen LogP contribution in [0.5, 0.6) is 0 Å². The number of benzene rings is 2. The van der Waals surface area contributed by atoms with Crippen molar-refractivity contribution in [2.24, 2.45) is 5.92 Å². The first-order valence-electron chi connectivity index (χ1n) is 7.45. The Morgan fingerprint density at radius 2 is 1.64 bits per heavy atom. The zero-order chi connectivity index (χ0) is 15.4. The number of carbonyl (C=O) groups excluding carboxylic acids is 2. The molecule has 4 nitrogen and oxygen atoms in total. The van der Waals surface area contributed by atoms with E-state index in [1.807, 2.05) is 30.3 Å². The van der Waals surface area contributed by atoms with Crippen molar-refractivity contribution in [3.05, 3.63) is 54.6 Å². The average Bonchev–Trinajstić information content (AvgIpc) is 2.55. The van der Waals surface area contributed by atoms with E-state index in [9.17, 15) is 9.59 Å². The van der Waals surface area contributed by atoms with E-state index >= 15 is 0 Å². The molecule has 2 amide bonds. The van der Waals surface area contributed by atoms with E-state index in [0.717, 1.165) is 11.3 Å². The van der Waals surface area contributed by atoms with Gasteiger partial charge in [-0.2, -0.15) is 0 Å². The lowest BCUT2D eigenvalue weighted by atomic mass is 9.98. The minimum Gasteiger partial charge on any atom is -0.384 e. The lowest BCUT2D eigenvalue weighted by Gasteiger charge is -2.21. The van der Waals surface area contributed by atoms with Crippen LogP contribution < -0.4 is 10.6 Å². The summed E-state index contributed by atoms with van der Waals surface area (Å²) in [7, 11) is 0. The molecule has 1 unspecified atom stereocenters. The second kappa shape index (κ2) is 6.43. The molecule has 0 saturated carbocycles. The Kier molecular flexibility index (Phi) is 4.19. The third-order valence-electron chi connectivity index (χ3n) is 3.90. The van der Waals surface area contributed by atoms with Crippen molar-refractivity contribution in [1.82, 2.24) is 5.32 Å². The van der Waals surface area contributed by atoms with E-state index in [0.29, 0.717) is 19.4 Å². The van der Waals surface area contributed by atoms with Crippen LogP contribution in [0.4, 0.5) is 5.69 Å². The van der Waals surface area contributed by atoms with Crippen LogP contribution in [0.15, 0.2) is 54.6 Å². The lowest BCUT2D eigenvalue weighted by Crippen LogP contribution is -2.43. The average molecular weight is 294 g/mol. The maximum absolute atomic E-state index is 11.7. The lowest BCUT2D eigenvalue weighted by molar-refractivity contribution is -0.135. The highest BCUT2D eigenvalue weighted by atomic mass is 16.2. The number of piperidine rings is 1. The predicted molar refractivity (Wildman–Crippen MR) is 86.2 cm³/mol. The van der Waals surface area contributed by atoms with Crippen LogP contribution in [0.2, 0.25) is 0 Å². The second-order valence-corrected chi connectivity index (χ2v) is 5.47. The van der Waals surface area contributed by atoms with E-state index in [2.05, 4.69) is 34.9 Å². The van der Waals surface area contributed by atoms with Crippen LogP contribution in [-0.2, 0) is 9.59 Å². The number of amides is 2. The monoisotopic (exact) mass is 294 g/mol. The van der Waals surface area contributed by atoms with Crippen molar-refractivity contribution >= 4 is 17.5 Å². The zero-order valence-corrected chi connectivity index (χ0v) is 12.2. The molecule has 0 aromatic heterocycles. The van der Waals surface area contributed by atoms with Crippen molar-refractivity contribution in [3.8, 4) is 11.1 Å². The van der Waals surface area contributed by atoms with Crippen molar-refractivity contribution in [1.29, 1.82) is 0 Å². The predicted octanol–water partition coefficient (Wildman–Crippen LogP) is 2.82. The van der Waals surface area contributed by atoms with Crippen LogP contribution in [0.1, 0.15) is 12.8 Å². The second-order valence-electron chi connectivity index (χ2n) is 5.47. The van der Waals surface area contributed by atoms with Crippen LogP contribution in [0, 0.1) is 5.92 Å². The molecule has 1 aliphatic rings. The van der Waals surface area contributed by atoms with Crippen LogP contribution in [0.25, 0.3) is 11.1 Å². The van der Waals surface area contributed by atoms with Gasteiger partial charge in [0.15, 0.2) is 0 Å². The van der Waals surface area contributed by atoms with Crippen LogP contribution in [0.3, 0.4) is 0 Å². The minimum absolute atomic E-state index is 0.147. The van der Waals surface area contributed by atoms with E-state index in [-0.39, 0.29) is 17.7 Å². The third-order valence-corrected chi connectivity index (χ3v) is 3.90. The molecule has 1 heterocycles. The highest BCUT2D eigenvalue weighted by Gasteiger charge is 2.25. The molecule has 1 saturated heterocycles. The first kappa shape index (κ1) is 14.3. The number of hydrogen-bond acceptors (Lipinski definition) is 3. The standard InChI is InChI=1S/C18H18N2O2/c21-17-11-8-15(18(22)20-17)12-19-16-9-6-14(7-10-16)13-4-2-1-3-5-13/h1-7,9-10,15,19H,8,11-12H2,(H,20,21,22). The number of carbonyl (C=O) groups is 2. The van der Waals surface area contributed by atoms with Crippen LogP contribution >= 0.6 is 0 Å². The summed E-state index contributed by atoms with van der Waals surface area (Å²) in [6, 6.07) is 18.3. The highest BCUT2D eigenvalue weighted by molar-refractivity contribution is 5.98. The molecule has 0 bridgehead atoms. The van der Waals surface area contributed by atoms with Crippen molar-refractivity contribution < 1.29 is 9.59 Å². The van der Waals surface area contributed by atoms with Crippen LogP contribution in [-0.4, -0.2) is 18.4 Å². The van der Waals surface area contributed by atoms with Gasteiger partial charge in [0, 0.05) is 18.7 Å². The number of hydrogen-bond donors (Lipinski definition) is 2. The Morgan fingerprint density at radius 3 is 2.32 bits per heavy atom. The SMILES string of the molecule is O=C1CCC(CNc2ccc(-c3ccccc3)cc2)C(=O)N1. The summed E-state index contributed by atoms with van der Waals surface area (Å²) >= 11 is 0. The van der Waals surface area contributed by atoms with Gasteiger partial charge >= 0.3 is 0 Å². The molecule has 1 fully saturated rings. The molecule has 1 aliphatic heterocycles. The normalized spacial score (nSPS) is 17.9. The molecule has 112 valence electrons. The van der Waals surface area contributed by atoms with Gasteiger partial charge in [0.05, 0.1) is 5.92 Å². The summed E-state index contributed by atoms with van der Waals surface area (Å²) in [5.74, 6) is -0.496. The Bertz CT molecular complexity index is 665. The van der Waals surface area contributed by atoms with Gasteiger partial charge in [0.1, 0.15) is 0 Å². The minimum atomic E-state index is -0.176. The summed E-state index contributed by atoms with van der Waals surface area (Å²) in [4.78, 5) is 22.8. The van der Waals surface area contributed by atoms with Gasteiger partial charge in [-0.25, -0.2) is 0 Å². The quantitative estimate of drug-likeness (QED) is 0.853. The Morgan fingerprint density at radius 1 is 0.955 bits per heavy atom. The fourth-order valence-corrected chi connectivity index (χ4v) is 2.59. The third kappa shape index (κ3) is 3.34. The van der Waals surface area contributed by atoms with E-state index in [4.69, 9.17) is 0 Å². The molecule has 4 heteroatoms. The topological polar surface area (TPSA) is 58.2 Å². The van der Waals surface area contributed by atoms with Gasteiger partial charge in [-0.15, -0.1) is 0 Å².